The molecule has 3 unspecified atom stereocenters. The van der Waals surface area contributed by atoms with Gasteiger partial charge in [0.05, 0.1) is 33.5 Å². The summed E-state index contributed by atoms with van der Waals surface area (Å²) in [6, 6.07) is 21.6. The molecular weight excluding hydrogens is 663 g/mol. The molecule has 0 saturated carbocycles. The first kappa shape index (κ1) is 36.7. The molecule has 1 aliphatic carbocycles. The maximum atomic E-state index is 14.6. The van der Waals surface area contributed by atoms with Gasteiger partial charge in [-0.3, -0.25) is 0 Å². The molecule has 1 fully saturated rings. The van der Waals surface area contributed by atoms with E-state index in [0.717, 1.165) is 75.2 Å². The molecule has 3 aromatic carbocycles. The van der Waals surface area contributed by atoms with Crippen molar-refractivity contribution in [2.45, 2.75) is 38.0 Å². The number of methoxy groups -OCH3 is 3. The number of amides is 1. The fourth-order valence-electron chi connectivity index (χ4n) is 7.28. The number of fused-ring (bicyclic) bond motifs is 1. The number of ether oxygens (including phenoxy) is 4. The first-order valence-corrected chi connectivity index (χ1v) is 19.0. The maximum absolute atomic E-state index is 14.6. The summed E-state index contributed by atoms with van der Waals surface area (Å²) in [5.41, 5.74) is 4.24. The third-order valence-corrected chi connectivity index (χ3v) is 12.1. The van der Waals surface area contributed by atoms with Crippen molar-refractivity contribution in [3.05, 3.63) is 113 Å². The molecule has 0 N–H and O–H groups in total. The van der Waals surface area contributed by atoms with Crippen molar-refractivity contribution in [3.8, 4) is 23.0 Å². The zero-order valence-electron chi connectivity index (χ0n) is 30.2. The van der Waals surface area contributed by atoms with Crippen molar-refractivity contribution in [2.75, 3.05) is 67.2 Å². The molecule has 2 heterocycles. The largest absolute Gasteiger partial charge is 0.565 e. The van der Waals surface area contributed by atoms with Crippen molar-refractivity contribution in [3.63, 3.8) is 0 Å². The zero-order valence-corrected chi connectivity index (χ0v) is 31.0. The first-order chi connectivity index (χ1) is 24.9. The van der Waals surface area contributed by atoms with Gasteiger partial charge in [0.1, 0.15) is 0 Å². The third kappa shape index (κ3) is 7.90. The highest BCUT2D eigenvalue weighted by atomic mass is 32.2. The topological polar surface area (TPSA) is 83.5 Å². The minimum Gasteiger partial charge on any atom is -0.565 e. The Hall–Kier alpha value is -4.06. The molecule has 3 aliphatic rings. The van der Waals surface area contributed by atoms with E-state index in [1.807, 2.05) is 98.0 Å². The number of piperazine rings is 1. The SMILES string of the molecule is COc1cc(CCN2CCN(CCCCOc3ccccc3[N+]3(Cc4ccccc4)C(=O)C(C)=C4C=CC=CC4[S+]3[O-])CC2)cc(OC)c1OC. The molecule has 0 bridgehead atoms. The Bertz CT molecular complexity index is 1730. The standard InChI is InChI=1S/C41H50N3O6S/c1-31-34-16-8-11-19-39(34)51(46)44(41(31)45,30-32-14-6-5-7-15-32)35-17-9-10-18-36(35)50-27-13-12-21-42-23-25-43(26-24-42)22-20-33-28-37(47-2)40(49-4)38(29-33)48-3/h5-11,14-19,28-29,39H,12-13,20-27,30H2,1-4H3/q+1. The van der Waals surface area contributed by atoms with Crippen molar-refractivity contribution in [1.82, 2.24) is 13.7 Å². The van der Waals surface area contributed by atoms with Crippen LogP contribution in [0, 0.1) is 0 Å². The second-order valence-electron chi connectivity index (χ2n) is 13.2. The number of rotatable bonds is 15. The van der Waals surface area contributed by atoms with E-state index < -0.39 is 11.4 Å². The minimum absolute atomic E-state index is 0.151. The van der Waals surface area contributed by atoms with Gasteiger partial charge >= 0.3 is 5.91 Å². The number of quaternary nitrogens is 1. The van der Waals surface area contributed by atoms with Crippen LogP contribution in [0.25, 0.3) is 0 Å². The van der Waals surface area contributed by atoms with Crippen LogP contribution in [0.2, 0.25) is 0 Å². The Morgan fingerprint density at radius 1 is 0.804 bits per heavy atom. The van der Waals surface area contributed by atoms with Crippen LogP contribution in [-0.2, 0) is 29.1 Å². The summed E-state index contributed by atoms with van der Waals surface area (Å²) in [7, 11) is 4.92. The summed E-state index contributed by atoms with van der Waals surface area (Å²) >= 11 is -1.61. The molecule has 0 spiro atoms. The molecule has 6 rings (SSSR count). The molecule has 3 atom stereocenters. The van der Waals surface area contributed by atoms with Crippen LogP contribution >= 0.6 is 0 Å². The van der Waals surface area contributed by atoms with Gasteiger partial charge in [-0.15, -0.1) is 0 Å². The lowest BCUT2D eigenvalue weighted by molar-refractivity contribution is -0.122. The Balaban J connectivity index is 1.04. The fraction of sp³-hybridized carbons (Fsp3) is 0.390. The fourth-order valence-corrected chi connectivity index (χ4v) is 9.28. The first-order valence-electron chi connectivity index (χ1n) is 17.8. The predicted octanol–water partition coefficient (Wildman–Crippen LogP) is 6.25. The average Bonchev–Trinajstić information content (AvgIpc) is 3.18. The van der Waals surface area contributed by atoms with E-state index in [2.05, 4.69) is 9.80 Å². The number of carbonyl (C=O) groups excluding carboxylic acids is 1. The lowest BCUT2D eigenvalue weighted by atomic mass is 9.99. The average molecular weight is 713 g/mol. The number of hydrogen-bond acceptors (Lipinski definition) is 8. The summed E-state index contributed by atoms with van der Waals surface area (Å²) in [5.74, 6) is 2.46. The zero-order chi connectivity index (χ0) is 35.8. The summed E-state index contributed by atoms with van der Waals surface area (Å²) in [4.78, 5) is 19.5. The van der Waals surface area contributed by atoms with E-state index in [9.17, 15) is 9.35 Å². The highest BCUT2D eigenvalue weighted by Crippen LogP contribution is 2.46. The van der Waals surface area contributed by atoms with Crippen LogP contribution in [-0.4, -0.2) is 92.7 Å². The van der Waals surface area contributed by atoms with E-state index in [4.69, 9.17) is 18.9 Å². The quantitative estimate of drug-likeness (QED) is 0.104. The van der Waals surface area contributed by atoms with Crippen LogP contribution in [0.4, 0.5) is 5.69 Å². The number of unbranched alkanes of at least 4 members (excludes halogenated alkanes) is 1. The Morgan fingerprint density at radius 2 is 1.47 bits per heavy atom. The van der Waals surface area contributed by atoms with Gasteiger partial charge in [0, 0.05) is 49.9 Å². The highest BCUT2D eigenvalue weighted by Gasteiger charge is 2.61. The van der Waals surface area contributed by atoms with Gasteiger partial charge in [0.25, 0.3) is 0 Å². The number of nitrogens with zero attached hydrogens (tertiary/aromatic N) is 3. The van der Waals surface area contributed by atoms with E-state index in [1.165, 1.54) is 0 Å². The number of hydrogen-bond donors (Lipinski definition) is 0. The monoisotopic (exact) mass is 712 g/mol. The molecule has 1 saturated heterocycles. The molecule has 51 heavy (non-hydrogen) atoms. The lowest BCUT2D eigenvalue weighted by Crippen LogP contribution is -2.63. The van der Waals surface area contributed by atoms with Gasteiger partial charge in [-0.05, 0) is 66.5 Å². The summed E-state index contributed by atoms with van der Waals surface area (Å²) in [6.07, 6.45) is 10.5. The number of benzene rings is 3. The second-order valence-corrected chi connectivity index (χ2v) is 14.9. The highest BCUT2D eigenvalue weighted by molar-refractivity contribution is 7.92. The normalized spacial score (nSPS) is 22.2. The molecule has 9 nitrogen and oxygen atoms in total. The van der Waals surface area contributed by atoms with E-state index in [0.29, 0.717) is 40.9 Å². The molecule has 3 aromatic rings. The lowest BCUT2D eigenvalue weighted by Gasteiger charge is -2.41. The van der Waals surface area contributed by atoms with Crippen LogP contribution in [0.15, 0.2) is 102 Å². The van der Waals surface area contributed by atoms with E-state index >= 15 is 0 Å². The van der Waals surface area contributed by atoms with Crippen LogP contribution in [0.3, 0.4) is 0 Å². The second kappa shape index (κ2) is 17.0. The van der Waals surface area contributed by atoms with Gasteiger partial charge < -0.3 is 33.3 Å². The molecule has 10 heteroatoms. The summed E-state index contributed by atoms with van der Waals surface area (Å²) in [6.45, 7) is 8.77. The molecule has 2 aliphatic heterocycles. The van der Waals surface area contributed by atoms with Crippen LogP contribution < -0.4 is 22.8 Å². The number of allylic oxidation sites excluding steroid dienone is 3. The Labute approximate surface area is 305 Å². The van der Waals surface area contributed by atoms with E-state index in [-0.39, 0.29) is 21.6 Å². The van der Waals surface area contributed by atoms with Crippen molar-refractivity contribution < 1.29 is 28.3 Å². The van der Waals surface area contributed by atoms with Gasteiger partial charge in [0.15, 0.2) is 35.2 Å². The molecular formula is C41H50N3O6S+. The predicted molar refractivity (Wildman–Crippen MR) is 204 cm³/mol. The van der Waals surface area contributed by atoms with Crippen LogP contribution in [0.5, 0.6) is 23.0 Å². The summed E-state index contributed by atoms with van der Waals surface area (Å²) < 4.78 is 37.3. The smallest absolute Gasteiger partial charge is 0.391 e. The Morgan fingerprint density at radius 3 is 2.16 bits per heavy atom. The third-order valence-electron chi connectivity index (χ3n) is 10.1. The van der Waals surface area contributed by atoms with Gasteiger partial charge in [0.2, 0.25) is 16.7 Å². The molecule has 0 radical (unpaired) electrons. The van der Waals surface area contributed by atoms with Gasteiger partial charge in [-0.25, -0.2) is 4.79 Å². The molecule has 0 aromatic heterocycles. The van der Waals surface area contributed by atoms with Gasteiger partial charge in [-0.2, -0.15) is 0 Å². The number of para-hydroxylation sites is 2. The molecule has 1 amide bonds. The van der Waals surface area contributed by atoms with Crippen molar-refractivity contribution >= 4 is 23.0 Å². The maximum Gasteiger partial charge on any atom is 0.391 e. The summed E-state index contributed by atoms with van der Waals surface area (Å²) in [5, 5.41) is -0.376. The van der Waals surface area contributed by atoms with Crippen LogP contribution in [0.1, 0.15) is 30.9 Å². The van der Waals surface area contributed by atoms with Crippen molar-refractivity contribution in [1.29, 1.82) is 0 Å². The Kier molecular flexibility index (Phi) is 12.2. The minimum atomic E-state index is -1.61. The number of carbonyl (C=O) groups is 1. The van der Waals surface area contributed by atoms with Gasteiger partial charge in [-0.1, -0.05) is 60.7 Å². The van der Waals surface area contributed by atoms with Crippen molar-refractivity contribution in [2.24, 2.45) is 0 Å². The molecule has 270 valence electrons. The van der Waals surface area contributed by atoms with E-state index in [1.54, 1.807) is 21.3 Å².